The average molecular weight is 268 g/mol. The summed E-state index contributed by atoms with van der Waals surface area (Å²) >= 11 is 0. The van der Waals surface area contributed by atoms with Crippen LogP contribution in [0.1, 0.15) is 36.5 Å². The summed E-state index contributed by atoms with van der Waals surface area (Å²) in [4.78, 5) is 0. The SMILES string of the molecule is CCCCc1ccc(O)c(O)c1C=Cc1ccccc1. The summed E-state index contributed by atoms with van der Waals surface area (Å²) < 4.78 is 0. The molecule has 0 aliphatic rings. The molecule has 0 unspecified atom stereocenters. The van der Waals surface area contributed by atoms with Crippen LogP contribution in [0.4, 0.5) is 0 Å². The van der Waals surface area contributed by atoms with Gasteiger partial charge in [0.2, 0.25) is 0 Å². The van der Waals surface area contributed by atoms with Gasteiger partial charge in [0.1, 0.15) is 0 Å². The molecular formula is C18H20O2. The molecule has 20 heavy (non-hydrogen) atoms. The van der Waals surface area contributed by atoms with E-state index in [0.29, 0.717) is 5.56 Å². The highest BCUT2D eigenvalue weighted by molar-refractivity contribution is 5.75. The van der Waals surface area contributed by atoms with Crippen molar-refractivity contribution in [3.63, 3.8) is 0 Å². The Labute approximate surface area is 120 Å². The normalized spacial score (nSPS) is 11.1. The van der Waals surface area contributed by atoms with Crippen molar-refractivity contribution in [3.05, 3.63) is 59.2 Å². The zero-order chi connectivity index (χ0) is 14.4. The second kappa shape index (κ2) is 6.80. The molecule has 0 radical (unpaired) electrons. The third-order valence-corrected chi connectivity index (χ3v) is 3.33. The second-order valence-electron chi connectivity index (χ2n) is 4.85. The van der Waals surface area contributed by atoms with Gasteiger partial charge >= 0.3 is 0 Å². The summed E-state index contributed by atoms with van der Waals surface area (Å²) in [5.74, 6) is -0.108. The Morgan fingerprint density at radius 3 is 2.40 bits per heavy atom. The molecule has 0 aliphatic carbocycles. The monoisotopic (exact) mass is 268 g/mol. The standard InChI is InChI=1S/C18H20O2/c1-2-3-9-15-11-13-17(19)18(20)16(15)12-10-14-7-5-4-6-8-14/h4-8,10-13,19-20H,2-3,9H2,1H3. The second-order valence-corrected chi connectivity index (χ2v) is 4.85. The Morgan fingerprint density at radius 2 is 1.70 bits per heavy atom. The zero-order valence-corrected chi connectivity index (χ0v) is 11.7. The molecule has 0 aliphatic heterocycles. The van der Waals surface area contributed by atoms with Crippen LogP contribution in [0.15, 0.2) is 42.5 Å². The molecule has 0 saturated carbocycles. The Morgan fingerprint density at radius 1 is 0.950 bits per heavy atom. The minimum atomic E-state index is -0.0713. The van der Waals surface area contributed by atoms with Crippen LogP contribution < -0.4 is 0 Å². The van der Waals surface area contributed by atoms with Crippen LogP contribution in [0.25, 0.3) is 12.2 Å². The van der Waals surface area contributed by atoms with E-state index in [1.165, 1.54) is 0 Å². The fourth-order valence-corrected chi connectivity index (χ4v) is 2.15. The Balaban J connectivity index is 2.33. The highest BCUT2D eigenvalue weighted by atomic mass is 16.3. The van der Waals surface area contributed by atoms with Crippen molar-refractivity contribution in [1.29, 1.82) is 0 Å². The van der Waals surface area contributed by atoms with Gasteiger partial charge in [-0.2, -0.15) is 0 Å². The summed E-state index contributed by atoms with van der Waals surface area (Å²) in [6, 6.07) is 13.4. The van der Waals surface area contributed by atoms with E-state index in [1.54, 1.807) is 6.07 Å². The van der Waals surface area contributed by atoms with Crippen molar-refractivity contribution in [3.8, 4) is 11.5 Å². The summed E-state index contributed by atoms with van der Waals surface area (Å²) in [6.07, 6.45) is 6.89. The smallest absolute Gasteiger partial charge is 0.165 e. The van der Waals surface area contributed by atoms with Crippen LogP contribution in [0.5, 0.6) is 11.5 Å². The van der Waals surface area contributed by atoms with Crippen LogP contribution in [-0.2, 0) is 6.42 Å². The number of phenolic OH excluding ortho intramolecular Hbond substituents is 2. The fourth-order valence-electron chi connectivity index (χ4n) is 2.15. The quantitative estimate of drug-likeness (QED) is 0.614. The van der Waals surface area contributed by atoms with E-state index in [4.69, 9.17) is 0 Å². The molecule has 104 valence electrons. The molecular weight excluding hydrogens is 248 g/mol. The average Bonchev–Trinajstić information content (AvgIpc) is 2.48. The van der Waals surface area contributed by atoms with E-state index in [1.807, 2.05) is 48.6 Å². The molecule has 2 nitrogen and oxygen atoms in total. The molecule has 0 saturated heterocycles. The summed E-state index contributed by atoms with van der Waals surface area (Å²) in [6.45, 7) is 2.14. The molecule has 0 aromatic heterocycles. The van der Waals surface area contributed by atoms with Gasteiger partial charge in [0, 0.05) is 5.56 Å². The van der Waals surface area contributed by atoms with Crippen molar-refractivity contribution in [2.75, 3.05) is 0 Å². The lowest BCUT2D eigenvalue weighted by Gasteiger charge is -2.09. The lowest BCUT2D eigenvalue weighted by Crippen LogP contribution is -1.90. The number of benzene rings is 2. The van der Waals surface area contributed by atoms with E-state index in [2.05, 4.69) is 6.92 Å². The van der Waals surface area contributed by atoms with Gasteiger partial charge in [0.05, 0.1) is 0 Å². The molecule has 0 heterocycles. The molecule has 2 N–H and O–H groups in total. The Kier molecular flexibility index (Phi) is 4.83. The molecule has 2 rings (SSSR count). The van der Waals surface area contributed by atoms with Gasteiger partial charge in [0.15, 0.2) is 11.5 Å². The number of hydrogen-bond acceptors (Lipinski definition) is 2. The number of hydrogen-bond donors (Lipinski definition) is 2. The first-order valence-corrected chi connectivity index (χ1v) is 6.99. The van der Waals surface area contributed by atoms with Gasteiger partial charge < -0.3 is 10.2 Å². The molecule has 0 fully saturated rings. The summed E-state index contributed by atoms with van der Waals surface area (Å²) in [5, 5.41) is 19.7. The molecule has 2 aromatic rings. The van der Waals surface area contributed by atoms with Crippen LogP contribution in [-0.4, -0.2) is 10.2 Å². The third-order valence-electron chi connectivity index (χ3n) is 3.33. The first-order chi connectivity index (χ1) is 9.72. The number of aromatic hydroxyl groups is 2. The molecule has 0 atom stereocenters. The van der Waals surface area contributed by atoms with Gasteiger partial charge in [0.25, 0.3) is 0 Å². The first kappa shape index (κ1) is 14.2. The fraction of sp³-hybridized carbons (Fsp3) is 0.222. The van der Waals surface area contributed by atoms with Crippen LogP contribution in [0, 0.1) is 0 Å². The lowest BCUT2D eigenvalue weighted by molar-refractivity contribution is 0.402. The summed E-state index contributed by atoms with van der Waals surface area (Å²) in [5.41, 5.74) is 2.84. The number of unbranched alkanes of at least 4 members (excludes halogenated alkanes) is 1. The Bertz CT molecular complexity index is 586. The zero-order valence-electron chi connectivity index (χ0n) is 11.7. The number of phenols is 2. The molecule has 0 amide bonds. The number of rotatable bonds is 5. The van der Waals surface area contributed by atoms with E-state index in [0.717, 1.165) is 30.4 Å². The largest absolute Gasteiger partial charge is 0.504 e. The van der Waals surface area contributed by atoms with Gasteiger partial charge in [-0.05, 0) is 30.0 Å². The number of aryl methyl sites for hydroxylation is 1. The molecule has 2 heteroatoms. The van der Waals surface area contributed by atoms with Crippen molar-refractivity contribution in [2.24, 2.45) is 0 Å². The lowest BCUT2D eigenvalue weighted by atomic mass is 9.99. The maximum Gasteiger partial charge on any atom is 0.165 e. The van der Waals surface area contributed by atoms with Crippen molar-refractivity contribution in [1.82, 2.24) is 0 Å². The maximum atomic E-state index is 10.1. The first-order valence-electron chi connectivity index (χ1n) is 6.99. The third kappa shape index (κ3) is 3.41. The highest BCUT2D eigenvalue weighted by Gasteiger charge is 2.09. The van der Waals surface area contributed by atoms with E-state index < -0.39 is 0 Å². The molecule has 2 aromatic carbocycles. The van der Waals surface area contributed by atoms with E-state index in [-0.39, 0.29) is 11.5 Å². The predicted molar refractivity (Wildman–Crippen MR) is 83.8 cm³/mol. The van der Waals surface area contributed by atoms with Gasteiger partial charge in [-0.1, -0.05) is 61.9 Å². The minimum absolute atomic E-state index is 0.0363. The van der Waals surface area contributed by atoms with Crippen molar-refractivity contribution < 1.29 is 10.2 Å². The molecule has 0 spiro atoms. The van der Waals surface area contributed by atoms with Crippen LogP contribution in [0.2, 0.25) is 0 Å². The predicted octanol–water partition coefficient (Wildman–Crippen LogP) is 4.61. The van der Waals surface area contributed by atoms with Crippen LogP contribution >= 0.6 is 0 Å². The van der Waals surface area contributed by atoms with Crippen LogP contribution in [0.3, 0.4) is 0 Å². The summed E-state index contributed by atoms with van der Waals surface area (Å²) in [7, 11) is 0. The minimum Gasteiger partial charge on any atom is -0.504 e. The Hall–Kier alpha value is -2.22. The van der Waals surface area contributed by atoms with E-state index in [9.17, 15) is 10.2 Å². The van der Waals surface area contributed by atoms with Gasteiger partial charge in [-0.3, -0.25) is 0 Å². The van der Waals surface area contributed by atoms with Crippen molar-refractivity contribution >= 4 is 12.2 Å². The highest BCUT2D eigenvalue weighted by Crippen LogP contribution is 2.33. The maximum absolute atomic E-state index is 10.1. The van der Waals surface area contributed by atoms with Gasteiger partial charge in [-0.15, -0.1) is 0 Å². The van der Waals surface area contributed by atoms with E-state index >= 15 is 0 Å². The van der Waals surface area contributed by atoms with Crippen molar-refractivity contribution in [2.45, 2.75) is 26.2 Å². The topological polar surface area (TPSA) is 40.5 Å². The van der Waals surface area contributed by atoms with Gasteiger partial charge in [-0.25, -0.2) is 0 Å². The molecule has 0 bridgehead atoms.